The van der Waals surface area contributed by atoms with E-state index in [-0.39, 0.29) is 17.6 Å². The van der Waals surface area contributed by atoms with Gasteiger partial charge >= 0.3 is 0 Å². The van der Waals surface area contributed by atoms with Crippen molar-refractivity contribution < 1.29 is 9.84 Å². The third-order valence-corrected chi connectivity index (χ3v) is 5.49. The summed E-state index contributed by atoms with van der Waals surface area (Å²) in [7, 11) is 0. The molecule has 0 bridgehead atoms. The molecule has 2 unspecified atom stereocenters. The van der Waals surface area contributed by atoms with Crippen molar-refractivity contribution in [1.82, 2.24) is 0 Å². The lowest BCUT2D eigenvalue weighted by atomic mass is 9.60. The van der Waals surface area contributed by atoms with E-state index in [9.17, 15) is 5.11 Å². The van der Waals surface area contributed by atoms with Gasteiger partial charge in [-0.15, -0.1) is 0 Å². The van der Waals surface area contributed by atoms with Crippen molar-refractivity contribution in [3.05, 3.63) is 27.1 Å². The molecule has 0 radical (unpaired) electrons. The summed E-state index contributed by atoms with van der Waals surface area (Å²) in [5, 5.41) is 10.0. The highest BCUT2D eigenvalue weighted by Gasteiger charge is 2.53. The number of benzene rings is 1. The van der Waals surface area contributed by atoms with Gasteiger partial charge in [-0.1, -0.05) is 19.9 Å². The average Bonchev–Trinajstić information content (AvgIpc) is 2.34. The number of aliphatic hydroxyl groups excluding tert-OH is 1. The van der Waals surface area contributed by atoms with Crippen LogP contribution in [0.5, 0.6) is 5.75 Å². The molecule has 4 heteroatoms. The maximum absolute atomic E-state index is 10.0. The molecule has 0 saturated heterocycles. The van der Waals surface area contributed by atoms with Gasteiger partial charge < -0.3 is 9.84 Å². The Hall–Kier alpha value is -0.0600. The quantitative estimate of drug-likeness (QED) is 0.835. The van der Waals surface area contributed by atoms with Crippen molar-refractivity contribution in [2.75, 3.05) is 0 Å². The molecule has 1 aliphatic carbocycles. The Kier molecular flexibility index (Phi) is 4.40. The first-order chi connectivity index (χ1) is 8.55. The van der Waals surface area contributed by atoms with Gasteiger partial charge in [0.1, 0.15) is 11.9 Å². The molecule has 0 amide bonds. The van der Waals surface area contributed by atoms with Crippen molar-refractivity contribution in [3.63, 3.8) is 0 Å². The van der Waals surface area contributed by atoms with Crippen LogP contribution in [-0.2, 0) is 0 Å². The molecule has 1 fully saturated rings. The Morgan fingerprint density at radius 3 is 2.28 bits per heavy atom. The third kappa shape index (κ3) is 2.23. The SMILES string of the molecule is CCC1(CC)C(O)CC1Oc1c(Br)cccc1Br. The van der Waals surface area contributed by atoms with E-state index >= 15 is 0 Å². The van der Waals surface area contributed by atoms with Crippen molar-refractivity contribution in [2.24, 2.45) is 5.41 Å². The molecule has 2 nitrogen and oxygen atoms in total. The first-order valence-electron chi connectivity index (χ1n) is 6.34. The van der Waals surface area contributed by atoms with Gasteiger partial charge in [-0.3, -0.25) is 0 Å². The number of halogens is 2. The molecule has 0 spiro atoms. The summed E-state index contributed by atoms with van der Waals surface area (Å²) in [4.78, 5) is 0. The van der Waals surface area contributed by atoms with Crippen LogP contribution >= 0.6 is 31.9 Å². The van der Waals surface area contributed by atoms with Crippen molar-refractivity contribution in [1.29, 1.82) is 0 Å². The van der Waals surface area contributed by atoms with Crippen molar-refractivity contribution >= 4 is 31.9 Å². The monoisotopic (exact) mass is 376 g/mol. The summed E-state index contributed by atoms with van der Waals surface area (Å²) in [5.74, 6) is 0.834. The zero-order chi connectivity index (χ0) is 13.3. The van der Waals surface area contributed by atoms with E-state index in [1.165, 1.54) is 0 Å². The third-order valence-electron chi connectivity index (χ3n) is 4.24. The molecule has 1 N–H and O–H groups in total. The van der Waals surface area contributed by atoms with Crippen LogP contribution in [0.2, 0.25) is 0 Å². The van der Waals surface area contributed by atoms with E-state index in [1.54, 1.807) is 0 Å². The fraction of sp³-hybridized carbons (Fsp3) is 0.571. The van der Waals surface area contributed by atoms with Gasteiger partial charge in [0, 0.05) is 11.8 Å². The molecular weight excluding hydrogens is 360 g/mol. The van der Waals surface area contributed by atoms with Crippen LogP contribution in [0.4, 0.5) is 0 Å². The van der Waals surface area contributed by atoms with Gasteiger partial charge in [0.05, 0.1) is 15.0 Å². The van der Waals surface area contributed by atoms with E-state index < -0.39 is 0 Å². The normalized spacial score (nSPS) is 25.6. The Balaban J connectivity index is 2.20. The minimum Gasteiger partial charge on any atom is -0.487 e. The Morgan fingerprint density at radius 1 is 1.28 bits per heavy atom. The first kappa shape index (κ1) is 14.4. The van der Waals surface area contributed by atoms with Gasteiger partial charge in [-0.05, 0) is 56.8 Å². The molecule has 1 aliphatic rings. The lowest BCUT2D eigenvalue weighted by Crippen LogP contribution is -2.59. The Bertz CT molecular complexity index is 410. The number of ether oxygens (including phenoxy) is 1. The van der Waals surface area contributed by atoms with Crippen LogP contribution in [-0.4, -0.2) is 17.3 Å². The summed E-state index contributed by atoms with van der Waals surface area (Å²) in [6, 6.07) is 5.90. The summed E-state index contributed by atoms with van der Waals surface area (Å²) in [5.41, 5.74) is -0.0886. The molecular formula is C14H18Br2O2. The standard InChI is InChI=1S/C14H18Br2O2/c1-3-14(4-2)11(17)8-12(14)18-13-9(15)6-5-7-10(13)16/h5-7,11-12,17H,3-4,8H2,1-2H3. The molecule has 1 saturated carbocycles. The van der Waals surface area contributed by atoms with Crippen LogP contribution < -0.4 is 4.74 Å². The first-order valence-corrected chi connectivity index (χ1v) is 7.92. The van der Waals surface area contributed by atoms with E-state index in [2.05, 4.69) is 45.7 Å². The highest BCUT2D eigenvalue weighted by Crippen LogP contribution is 2.50. The lowest BCUT2D eigenvalue weighted by molar-refractivity contribution is -0.160. The molecule has 0 aromatic heterocycles. The fourth-order valence-electron chi connectivity index (χ4n) is 2.81. The summed E-state index contributed by atoms with van der Waals surface area (Å²) < 4.78 is 8.01. The Labute approximate surface area is 125 Å². The van der Waals surface area contributed by atoms with Crippen molar-refractivity contribution in [2.45, 2.75) is 45.3 Å². The number of hydrogen-bond acceptors (Lipinski definition) is 2. The highest BCUT2D eigenvalue weighted by atomic mass is 79.9. The number of hydrogen-bond donors (Lipinski definition) is 1. The average molecular weight is 378 g/mol. The zero-order valence-corrected chi connectivity index (χ0v) is 13.8. The molecule has 18 heavy (non-hydrogen) atoms. The highest BCUT2D eigenvalue weighted by molar-refractivity contribution is 9.11. The van der Waals surface area contributed by atoms with Gasteiger partial charge in [-0.25, -0.2) is 0 Å². The van der Waals surface area contributed by atoms with Crippen LogP contribution in [0.15, 0.2) is 27.1 Å². The predicted molar refractivity (Wildman–Crippen MR) is 79.9 cm³/mol. The van der Waals surface area contributed by atoms with Gasteiger partial charge in [-0.2, -0.15) is 0 Å². The van der Waals surface area contributed by atoms with Crippen LogP contribution in [0.25, 0.3) is 0 Å². The Morgan fingerprint density at radius 2 is 1.83 bits per heavy atom. The minimum atomic E-state index is -0.237. The van der Waals surface area contributed by atoms with Gasteiger partial charge in [0.2, 0.25) is 0 Å². The van der Waals surface area contributed by atoms with E-state index in [0.29, 0.717) is 0 Å². The summed E-state index contributed by atoms with van der Waals surface area (Å²) in [6.45, 7) is 4.24. The lowest BCUT2D eigenvalue weighted by Gasteiger charge is -2.52. The van der Waals surface area contributed by atoms with E-state index in [0.717, 1.165) is 34.0 Å². The number of para-hydroxylation sites is 1. The largest absolute Gasteiger partial charge is 0.487 e. The summed E-state index contributed by atoms with van der Waals surface area (Å²) >= 11 is 7.02. The maximum Gasteiger partial charge on any atom is 0.148 e. The topological polar surface area (TPSA) is 29.5 Å². The number of rotatable bonds is 4. The maximum atomic E-state index is 10.0. The van der Waals surface area contributed by atoms with Crippen LogP contribution in [0.3, 0.4) is 0 Å². The molecule has 1 aromatic rings. The smallest absolute Gasteiger partial charge is 0.148 e. The summed E-state index contributed by atoms with van der Waals surface area (Å²) in [6.07, 6.45) is 2.46. The minimum absolute atomic E-state index is 0.0886. The van der Waals surface area contributed by atoms with Gasteiger partial charge in [0.15, 0.2) is 0 Å². The van der Waals surface area contributed by atoms with E-state index in [4.69, 9.17) is 4.74 Å². The predicted octanol–water partition coefficient (Wildman–Crippen LogP) is 4.53. The molecule has 1 aromatic carbocycles. The van der Waals surface area contributed by atoms with E-state index in [1.807, 2.05) is 18.2 Å². The second-order valence-electron chi connectivity index (χ2n) is 4.85. The molecule has 0 aliphatic heterocycles. The molecule has 100 valence electrons. The zero-order valence-electron chi connectivity index (χ0n) is 10.6. The van der Waals surface area contributed by atoms with Gasteiger partial charge in [0.25, 0.3) is 0 Å². The molecule has 2 atom stereocenters. The second-order valence-corrected chi connectivity index (χ2v) is 6.56. The van der Waals surface area contributed by atoms with Crippen molar-refractivity contribution in [3.8, 4) is 5.75 Å². The molecule has 2 rings (SSSR count). The molecule has 0 heterocycles. The fourth-order valence-corrected chi connectivity index (χ4v) is 3.99. The second kappa shape index (κ2) is 5.51. The number of aliphatic hydroxyl groups is 1. The van der Waals surface area contributed by atoms with Crippen LogP contribution in [0.1, 0.15) is 33.1 Å². The van der Waals surface area contributed by atoms with Crippen LogP contribution in [0, 0.1) is 5.41 Å².